The van der Waals surface area contributed by atoms with E-state index in [0.29, 0.717) is 0 Å². The van der Waals surface area contributed by atoms with Crippen molar-refractivity contribution >= 4 is 5.91 Å². The number of hydrogen-bond acceptors (Lipinski definition) is 4. The molecule has 1 amide bonds. The molecule has 0 unspecified atom stereocenters. The first kappa shape index (κ1) is 18.2. The quantitative estimate of drug-likeness (QED) is 0.776. The first-order valence-corrected chi connectivity index (χ1v) is 9.72. The number of carbonyl (C=O) groups is 1. The third kappa shape index (κ3) is 4.12. The van der Waals surface area contributed by atoms with E-state index in [9.17, 15) is 4.79 Å². The zero-order valence-electron chi connectivity index (χ0n) is 15.7. The van der Waals surface area contributed by atoms with Crippen LogP contribution < -0.4 is 0 Å². The van der Waals surface area contributed by atoms with Crippen LogP contribution in [-0.2, 0) is 14.3 Å². The Morgan fingerprint density at radius 2 is 1.46 bits per heavy atom. The average molecular weight is 338 g/mol. The molecule has 0 N–H and O–H groups in total. The predicted octanol–water partition coefficient (Wildman–Crippen LogP) is 2.64. The Morgan fingerprint density at radius 1 is 0.917 bits per heavy atom. The van der Waals surface area contributed by atoms with Gasteiger partial charge in [0.05, 0.1) is 19.3 Å². The minimum absolute atomic E-state index is 0.00396. The van der Waals surface area contributed by atoms with Crippen molar-refractivity contribution in [1.82, 2.24) is 9.80 Å². The van der Waals surface area contributed by atoms with Crippen molar-refractivity contribution in [3.05, 3.63) is 0 Å². The molecule has 1 atom stereocenters. The summed E-state index contributed by atoms with van der Waals surface area (Å²) in [4.78, 5) is 17.3. The van der Waals surface area contributed by atoms with E-state index < -0.39 is 5.79 Å². The Bertz CT molecular complexity index is 424. The normalized spacial score (nSPS) is 29.2. The zero-order valence-corrected chi connectivity index (χ0v) is 15.7. The van der Waals surface area contributed by atoms with Gasteiger partial charge in [-0.05, 0) is 32.9 Å². The highest BCUT2D eigenvalue weighted by Gasteiger charge is 2.44. The molecule has 5 heteroatoms. The summed E-state index contributed by atoms with van der Waals surface area (Å²) in [5.74, 6) is -0.166. The number of amides is 1. The smallest absolute Gasteiger partial charge is 0.239 e. The fourth-order valence-corrected chi connectivity index (χ4v) is 4.00. The number of nitrogens with zero attached hydrogens (tertiary/aromatic N) is 2. The first-order valence-electron chi connectivity index (χ1n) is 9.72. The van der Waals surface area contributed by atoms with E-state index in [1.165, 1.54) is 25.7 Å². The maximum Gasteiger partial charge on any atom is 0.239 e. The number of carbonyl (C=O) groups excluding carboxylic acids is 1. The van der Waals surface area contributed by atoms with E-state index in [0.717, 1.165) is 52.2 Å². The van der Waals surface area contributed by atoms with Crippen LogP contribution in [0.25, 0.3) is 0 Å². The molecule has 0 aromatic carbocycles. The van der Waals surface area contributed by atoms with Crippen LogP contribution >= 0.6 is 0 Å². The molecule has 3 fully saturated rings. The van der Waals surface area contributed by atoms with Crippen LogP contribution in [0.1, 0.15) is 59.3 Å². The van der Waals surface area contributed by atoms with Crippen molar-refractivity contribution in [2.75, 3.05) is 39.4 Å². The number of hydrogen-bond donors (Lipinski definition) is 0. The highest BCUT2D eigenvalue weighted by Crippen LogP contribution is 2.36. The number of ether oxygens (including phenoxy) is 2. The molecule has 3 aliphatic rings. The molecule has 0 aromatic rings. The summed E-state index contributed by atoms with van der Waals surface area (Å²) in [5.41, 5.74) is 0.0967. The number of piperidine rings is 1. The molecule has 1 spiro atoms. The van der Waals surface area contributed by atoms with E-state index in [1.807, 2.05) is 4.90 Å². The molecule has 0 aromatic heterocycles. The SMILES string of the molecule is C[C@H](C(=O)N1CCC2(CC1)OCC(C)(C)CO2)N1CCCCCC1. The Kier molecular flexibility index (Phi) is 5.52. The molecular weight excluding hydrogens is 304 g/mol. The summed E-state index contributed by atoms with van der Waals surface area (Å²) in [6, 6.07) is 0.00396. The van der Waals surface area contributed by atoms with Gasteiger partial charge < -0.3 is 14.4 Å². The number of likely N-dealkylation sites (tertiary alicyclic amines) is 2. The minimum Gasteiger partial charge on any atom is -0.349 e. The van der Waals surface area contributed by atoms with Crippen molar-refractivity contribution in [3.63, 3.8) is 0 Å². The van der Waals surface area contributed by atoms with Crippen LogP contribution in [0.2, 0.25) is 0 Å². The summed E-state index contributed by atoms with van der Waals surface area (Å²) >= 11 is 0. The lowest BCUT2D eigenvalue weighted by Gasteiger charge is -2.48. The lowest BCUT2D eigenvalue weighted by atomic mass is 9.92. The van der Waals surface area contributed by atoms with Gasteiger partial charge in [0.1, 0.15) is 0 Å². The molecule has 0 radical (unpaired) electrons. The van der Waals surface area contributed by atoms with Crippen LogP contribution in [0.4, 0.5) is 0 Å². The van der Waals surface area contributed by atoms with Gasteiger partial charge in [0.25, 0.3) is 0 Å². The standard InChI is InChI=1S/C19H34N2O3/c1-16(20-10-6-4-5-7-11-20)17(22)21-12-8-19(9-13-21)23-14-18(2,3)15-24-19/h16H,4-15H2,1-3H3/t16-/m1/s1. The summed E-state index contributed by atoms with van der Waals surface area (Å²) < 4.78 is 12.1. The topological polar surface area (TPSA) is 42.0 Å². The van der Waals surface area contributed by atoms with E-state index in [-0.39, 0.29) is 17.4 Å². The van der Waals surface area contributed by atoms with Crippen LogP contribution in [0.3, 0.4) is 0 Å². The fraction of sp³-hybridized carbons (Fsp3) is 0.947. The Labute approximate surface area is 146 Å². The summed E-state index contributed by atoms with van der Waals surface area (Å²) in [7, 11) is 0. The summed E-state index contributed by atoms with van der Waals surface area (Å²) in [6.45, 7) is 11.5. The molecule has 0 saturated carbocycles. The predicted molar refractivity (Wildman–Crippen MR) is 93.7 cm³/mol. The van der Waals surface area contributed by atoms with Gasteiger partial charge in [-0.3, -0.25) is 9.69 Å². The molecule has 3 heterocycles. The average Bonchev–Trinajstić information content (AvgIpc) is 2.87. The van der Waals surface area contributed by atoms with Crippen molar-refractivity contribution in [3.8, 4) is 0 Å². The van der Waals surface area contributed by atoms with Crippen molar-refractivity contribution in [2.45, 2.75) is 71.1 Å². The second kappa shape index (κ2) is 7.30. The monoisotopic (exact) mass is 338 g/mol. The molecule has 3 aliphatic heterocycles. The zero-order chi connectivity index (χ0) is 17.2. The van der Waals surface area contributed by atoms with Gasteiger partial charge >= 0.3 is 0 Å². The molecule has 0 bridgehead atoms. The third-order valence-corrected chi connectivity index (χ3v) is 5.83. The lowest BCUT2D eigenvalue weighted by molar-refractivity contribution is -0.312. The molecule has 5 nitrogen and oxygen atoms in total. The molecule has 138 valence electrons. The van der Waals surface area contributed by atoms with Gasteiger partial charge in [0.15, 0.2) is 5.79 Å². The molecule has 24 heavy (non-hydrogen) atoms. The summed E-state index contributed by atoms with van der Waals surface area (Å²) in [5, 5.41) is 0. The van der Waals surface area contributed by atoms with Crippen LogP contribution in [0, 0.1) is 5.41 Å². The largest absolute Gasteiger partial charge is 0.349 e. The van der Waals surface area contributed by atoms with Crippen LogP contribution in [0.5, 0.6) is 0 Å². The van der Waals surface area contributed by atoms with Crippen LogP contribution in [0.15, 0.2) is 0 Å². The van der Waals surface area contributed by atoms with E-state index in [1.54, 1.807) is 0 Å². The lowest BCUT2D eigenvalue weighted by Crippen LogP contribution is -2.56. The van der Waals surface area contributed by atoms with E-state index in [2.05, 4.69) is 25.7 Å². The highest BCUT2D eigenvalue weighted by atomic mass is 16.7. The van der Waals surface area contributed by atoms with Gasteiger partial charge in [-0.15, -0.1) is 0 Å². The van der Waals surface area contributed by atoms with Gasteiger partial charge in [-0.25, -0.2) is 0 Å². The second-order valence-corrected chi connectivity index (χ2v) is 8.60. The second-order valence-electron chi connectivity index (χ2n) is 8.60. The Balaban J connectivity index is 1.51. The van der Waals surface area contributed by atoms with E-state index in [4.69, 9.17) is 9.47 Å². The fourth-order valence-electron chi connectivity index (χ4n) is 4.00. The first-order chi connectivity index (χ1) is 11.4. The maximum atomic E-state index is 12.9. The molecule has 0 aliphatic carbocycles. The van der Waals surface area contributed by atoms with Crippen molar-refractivity contribution in [2.24, 2.45) is 5.41 Å². The van der Waals surface area contributed by atoms with Gasteiger partial charge in [0.2, 0.25) is 5.91 Å². The van der Waals surface area contributed by atoms with Gasteiger partial charge in [-0.1, -0.05) is 26.7 Å². The Hall–Kier alpha value is -0.650. The molecule has 3 rings (SSSR count). The Morgan fingerprint density at radius 3 is 2.00 bits per heavy atom. The maximum absolute atomic E-state index is 12.9. The van der Waals surface area contributed by atoms with Crippen LogP contribution in [-0.4, -0.2) is 66.9 Å². The van der Waals surface area contributed by atoms with Gasteiger partial charge in [0, 0.05) is 31.3 Å². The summed E-state index contributed by atoms with van der Waals surface area (Å²) in [6.07, 6.45) is 6.63. The van der Waals surface area contributed by atoms with Gasteiger partial charge in [-0.2, -0.15) is 0 Å². The third-order valence-electron chi connectivity index (χ3n) is 5.83. The van der Waals surface area contributed by atoms with E-state index >= 15 is 0 Å². The highest BCUT2D eigenvalue weighted by molar-refractivity contribution is 5.81. The molecular formula is C19H34N2O3. The number of rotatable bonds is 2. The van der Waals surface area contributed by atoms with Crippen molar-refractivity contribution < 1.29 is 14.3 Å². The van der Waals surface area contributed by atoms with Crippen molar-refractivity contribution in [1.29, 1.82) is 0 Å². The minimum atomic E-state index is -0.446. The molecule has 3 saturated heterocycles.